The normalized spacial score (nSPS) is 17.8. The highest BCUT2D eigenvalue weighted by Crippen LogP contribution is 2.20. The van der Waals surface area contributed by atoms with E-state index in [9.17, 15) is 0 Å². The molecule has 0 bridgehead atoms. The number of aliphatic hydroxyl groups is 1. The second kappa shape index (κ2) is 5.32. The average molecular weight is 220 g/mol. The second-order valence-corrected chi connectivity index (χ2v) is 4.34. The number of aliphatic hydroxyl groups excluding tert-OH is 1. The van der Waals surface area contributed by atoms with Crippen LogP contribution in [-0.2, 0) is 0 Å². The summed E-state index contributed by atoms with van der Waals surface area (Å²) in [7, 11) is 0. The summed E-state index contributed by atoms with van der Waals surface area (Å²) in [5.41, 5.74) is 2.70. The minimum absolute atomic E-state index is 0.268. The van der Waals surface area contributed by atoms with Crippen molar-refractivity contribution < 1.29 is 5.11 Å². The molecule has 16 heavy (non-hydrogen) atoms. The van der Waals surface area contributed by atoms with Crippen molar-refractivity contribution in [3.05, 3.63) is 29.8 Å². The van der Waals surface area contributed by atoms with Gasteiger partial charge in [-0.3, -0.25) is 4.90 Å². The van der Waals surface area contributed by atoms with Gasteiger partial charge < -0.3 is 10.0 Å². The molecular formula is C13H20N2O. The topological polar surface area (TPSA) is 26.7 Å². The third-order valence-corrected chi connectivity index (χ3v) is 3.24. The largest absolute Gasteiger partial charge is 0.395 e. The maximum atomic E-state index is 8.89. The van der Waals surface area contributed by atoms with Crippen LogP contribution < -0.4 is 4.90 Å². The summed E-state index contributed by atoms with van der Waals surface area (Å²) >= 11 is 0. The van der Waals surface area contributed by atoms with Crippen LogP contribution in [0.1, 0.15) is 5.56 Å². The molecule has 0 saturated carbocycles. The first-order valence-corrected chi connectivity index (χ1v) is 5.95. The molecule has 1 aromatic carbocycles. The van der Waals surface area contributed by atoms with Crippen LogP contribution in [0.3, 0.4) is 0 Å². The lowest BCUT2D eigenvalue weighted by Gasteiger charge is -2.36. The number of anilines is 1. The summed E-state index contributed by atoms with van der Waals surface area (Å²) in [5, 5.41) is 8.89. The Morgan fingerprint density at radius 3 is 2.44 bits per heavy atom. The van der Waals surface area contributed by atoms with Crippen LogP contribution in [0.25, 0.3) is 0 Å². The van der Waals surface area contributed by atoms with Crippen molar-refractivity contribution in [3.8, 4) is 0 Å². The maximum absolute atomic E-state index is 8.89. The quantitative estimate of drug-likeness (QED) is 0.826. The third-order valence-electron chi connectivity index (χ3n) is 3.24. The molecule has 0 aromatic heterocycles. The molecule has 3 heteroatoms. The van der Waals surface area contributed by atoms with Crippen LogP contribution in [-0.4, -0.2) is 49.3 Å². The van der Waals surface area contributed by atoms with E-state index in [1.165, 1.54) is 11.3 Å². The van der Waals surface area contributed by atoms with Crippen molar-refractivity contribution in [1.82, 2.24) is 4.90 Å². The number of benzene rings is 1. The molecule has 0 aliphatic carbocycles. The molecule has 1 aliphatic rings. The van der Waals surface area contributed by atoms with Gasteiger partial charge >= 0.3 is 0 Å². The number of rotatable bonds is 3. The van der Waals surface area contributed by atoms with Gasteiger partial charge in [-0.25, -0.2) is 0 Å². The number of nitrogens with zero attached hydrogens (tertiary/aromatic N) is 2. The maximum Gasteiger partial charge on any atom is 0.0558 e. The molecule has 0 amide bonds. The number of para-hydroxylation sites is 1. The molecule has 0 spiro atoms. The fourth-order valence-corrected chi connectivity index (χ4v) is 2.27. The Balaban J connectivity index is 1.96. The molecule has 3 nitrogen and oxygen atoms in total. The van der Waals surface area contributed by atoms with Crippen LogP contribution in [0.4, 0.5) is 5.69 Å². The van der Waals surface area contributed by atoms with E-state index in [0.29, 0.717) is 0 Å². The van der Waals surface area contributed by atoms with Gasteiger partial charge in [0.15, 0.2) is 0 Å². The van der Waals surface area contributed by atoms with Crippen LogP contribution in [0, 0.1) is 6.92 Å². The van der Waals surface area contributed by atoms with Gasteiger partial charge in [0.2, 0.25) is 0 Å². The van der Waals surface area contributed by atoms with Crippen molar-refractivity contribution in [2.24, 2.45) is 0 Å². The summed E-state index contributed by atoms with van der Waals surface area (Å²) in [5.74, 6) is 0. The van der Waals surface area contributed by atoms with Crippen LogP contribution in [0.2, 0.25) is 0 Å². The van der Waals surface area contributed by atoms with Crippen molar-refractivity contribution in [2.45, 2.75) is 6.92 Å². The highest BCUT2D eigenvalue weighted by molar-refractivity contribution is 5.53. The molecule has 0 unspecified atom stereocenters. The van der Waals surface area contributed by atoms with Crippen molar-refractivity contribution in [3.63, 3.8) is 0 Å². The molecule has 2 rings (SSSR count). The summed E-state index contributed by atoms with van der Waals surface area (Å²) < 4.78 is 0. The van der Waals surface area contributed by atoms with Crippen molar-refractivity contribution >= 4 is 5.69 Å². The summed E-state index contributed by atoms with van der Waals surface area (Å²) in [4.78, 5) is 4.75. The van der Waals surface area contributed by atoms with Gasteiger partial charge in [-0.2, -0.15) is 0 Å². The predicted molar refractivity (Wildman–Crippen MR) is 66.9 cm³/mol. The Bertz CT molecular complexity index is 332. The Hall–Kier alpha value is -1.06. The number of piperazine rings is 1. The minimum atomic E-state index is 0.268. The zero-order valence-corrected chi connectivity index (χ0v) is 9.89. The van der Waals surface area contributed by atoms with Gasteiger partial charge in [-0.05, 0) is 18.6 Å². The van der Waals surface area contributed by atoms with E-state index in [-0.39, 0.29) is 6.61 Å². The van der Waals surface area contributed by atoms with E-state index in [1.807, 2.05) is 0 Å². The van der Waals surface area contributed by atoms with E-state index >= 15 is 0 Å². The van der Waals surface area contributed by atoms with Crippen molar-refractivity contribution in [1.29, 1.82) is 0 Å². The lowest BCUT2D eigenvalue weighted by atomic mass is 10.1. The monoisotopic (exact) mass is 220 g/mol. The molecule has 1 fully saturated rings. The SMILES string of the molecule is Cc1ccccc1N1CCN(CCO)CC1. The Morgan fingerprint density at radius 1 is 1.12 bits per heavy atom. The van der Waals surface area contributed by atoms with E-state index in [4.69, 9.17) is 5.11 Å². The first kappa shape index (κ1) is 11.4. The Kier molecular flexibility index (Phi) is 3.80. The summed E-state index contributed by atoms with van der Waals surface area (Å²) in [6, 6.07) is 8.54. The van der Waals surface area contributed by atoms with Gasteiger partial charge in [-0.1, -0.05) is 18.2 Å². The molecule has 0 atom stereocenters. The number of aryl methyl sites for hydroxylation is 1. The molecule has 1 aliphatic heterocycles. The van der Waals surface area contributed by atoms with Gasteiger partial charge in [0, 0.05) is 38.4 Å². The van der Waals surface area contributed by atoms with Crippen LogP contribution in [0.5, 0.6) is 0 Å². The van der Waals surface area contributed by atoms with E-state index in [1.54, 1.807) is 0 Å². The first-order chi connectivity index (χ1) is 7.81. The van der Waals surface area contributed by atoms with Crippen LogP contribution >= 0.6 is 0 Å². The second-order valence-electron chi connectivity index (χ2n) is 4.34. The Labute approximate surface area is 97.3 Å². The highest BCUT2D eigenvalue weighted by atomic mass is 16.3. The number of hydrogen-bond donors (Lipinski definition) is 1. The molecule has 88 valence electrons. The fourth-order valence-electron chi connectivity index (χ4n) is 2.27. The van der Waals surface area contributed by atoms with Crippen LogP contribution in [0.15, 0.2) is 24.3 Å². The lowest BCUT2D eigenvalue weighted by Crippen LogP contribution is -2.47. The molecule has 1 aromatic rings. The zero-order chi connectivity index (χ0) is 11.4. The number of hydrogen-bond acceptors (Lipinski definition) is 3. The molecule has 0 radical (unpaired) electrons. The zero-order valence-electron chi connectivity index (χ0n) is 9.89. The molecule has 1 heterocycles. The van der Waals surface area contributed by atoms with Gasteiger partial charge in [-0.15, -0.1) is 0 Å². The predicted octanol–water partition coefficient (Wildman–Crippen LogP) is 1.11. The summed E-state index contributed by atoms with van der Waals surface area (Å²) in [6.45, 7) is 7.46. The first-order valence-electron chi connectivity index (χ1n) is 5.95. The lowest BCUT2D eigenvalue weighted by molar-refractivity contribution is 0.188. The van der Waals surface area contributed by atoms with E-state index in [2.05, 4.69) is 41.0 Å². The minimum Gasteiger partial charge on any atom is -0.395 e. The highest BCUT2D eigenvalue weighted by Gasteiger charge is 2.17. The standard InChI is InChI=1S/C13H20N2O/c1-12-4-2-3-5-13(12)15-8-6-14(7-9-15)10-11-16/h2-5,16H,6-11H2,1H3. The number of β-amino-alcohol motifs (C(OH)–C–C–N with tert-alkyl or cyclic N) is 1. The van der Waals surface area contributed by atoms with E-state index < -0.39 is 0 Å². The molecule has 1 N–H and O–H groups in total. The molecule has 1 saturated heterocycles. The fraction of sp³-hybridized carbons (Fsp3) is 0.538. The van der Waals surface area contributed by atoms with Gasteiger partial charge in [0.05, 0.1) is 6.61 Å². The summed E-state index contributed by atoms with van der Waals surface area (Å²) in [6.07, 6.45) is 0. The van der Waals surface area contributed by atoms with Crippen molar-refractivity contribution in [2.75, 3.05) is 44.2 Å². The Morgan fingerprint density at radius 2 is 1.81 bits per heavy atom. The van der Waals surface area contributed by atoms with Gasteiger partial charge in [0.1, 0.15) is 0 Å². The van der Waals surface area contributed by atoms with E-state index in [0.717, 1.165) is 32.7 Å². The smallest absolute Gasteiger partial charge is 0.0558 e. The molecular weight excluding hydrogens is 200 g/mol. The average Bonchev–Trinajstić information content (AvgIpc) is 2.31. The third kappa shape index (κ3) is 2.54. The van der Waals surface area contributed by atoms with Gasteiger partial charge in [0.25, 0.3) is 0 Å².